The van der Waals surface area contributed by atoms with Crippen LogP contribution in [0.1, 0.15) is 6.92 Å². The van der Waals surface area contributed by atoms with Crippen LogP contribution in [0.15, 0.2) is 60.7 Å². The fourth-order valence-corrected chi connectivity index (χ4v) is 2.23. The van der Waals surface area contributed by atoms with Crippen molar-refractivity contribution in [1.29, 1.82) is 0 Å². The Kier molecular flexibility index (Phi) is 3.15. The van der Waals surface area contributed by atoms with Gasteiger partial charge in [-0.3, -0.25) is 0 Å². The lowest BCUT2D eigenvalue weighted by Gasteiger charge is -2.08. The predicted octanol–water partition coefficient (Wildman–Crippen LogP) is 4.30. The Balaban J connectivity index is 2.16. The lowest BCUT2D eigenvalue weighted by Crippen LogP contribution is -1.94. The minimum atomic E-state index is 0.636. The highest BCUT2D eigenvalue weighted by molar-refractivity contribution is 5.94. The van der Waals surface area contributed by atoms with Crippen LogP contribution in [0.3, 0.4) is 0 Å². The van der Waals surface area contributed by atoms with Gasteiger partial charge in [0.05, 0.1) is 12.1 Å². The SMILES string of the molecule is CCOc1ccc2c(-c3ccccc3)cccc2n1. The van der Waals surface area contributed by atoms with Crippen LogP contribution in [0, 0.1) is 0 Å². The Morgan fingerprint density at radius 3 is 2.53 bits per heavy atom. The summed E-state index contributed by atoms with van der Waals surface area (Å²) in [4.78, 5) is 4.53. The number of ether oxygens (including phenoxy) is 1. The molecular weight excluding hydrogens is 234 g/mol. The normalized spacial score (nSPS) is 10.6. The molecule has 0 atom stereocenters. The lowest BCUT2D eigenvalue weighted by atomic mass is 10.0. The van der Waals surface area contributed by atoms with Crippen molar-refractivity contribution in [2.45, 2.75) is 6.92 Å². The van der Waals surface area contributed by atoms with Gasteiger partial charge in [-0.1, -0.05) is 42.5 Å². The smallest absolute Gasteiger partial charge is 0.213 e. The fourth-order valence-electron chi connectivity index (χ4n) is 2.23. The van der Waals surface area contributed by atoms with E-state index in [1.807, 2.05) is 31.2 Å². The van der Waals surface area contributed by atoms with Gasteiger partial charge in [0.1, 0.15) is 0 Å². The minimum absolute atomic E-state index is 0.636. The van der Waals surface area contributed by atoms with Crippen molar-refractivity contribution >= 4 is 10.9 Å². The zero-order chi connectivity index (χ0) is 13.1. The molecule has 0 aliphatic rings. The first kappa shape index (κ1) is 11.7. The first-order valence-electron chi connectivity index (χ1n) is 6.46. The van der Waals surface area contributed by atoms with Crippen LogP contribution >= 0.6 is 0 Å². The molecule has 3 rings (SSSR count). The first-order chi connectivity index (χ1) is 9.38. The molecule has 0 fully saturated rings. The first-order valence-corrected chi connectivity index (χ1v) is 6.46. The summed E-state index contributed by atoms with van der Waals surface area (Å²) < 4.78 is 5.45. The van der Waals surface area contributed by atoms with Crippen molar-refractivity contribution < 1.29 is 4.74 Å². The Morgan fingerprint density at radius 2 is 1.74 bits per heavy atom. The zero-order valence-electron chi connectivity index (χ0n) is 10.8. The highest BCUT2D eigenvalue weighted by Gasteiger charge is 2.05. The number of benzene rings is 2. The number of aromatic nitrogens is 1. The monoisotopic (exact) mass is 249 g/mol. The molecule has 0 aliphatic heterocycles. The molecule has 0 aliphatic carbocycles. The molecule has 3 aromatic rings. The fraction of sp³-hybridized carbons (Fsp3) is 0.118. The van der Waals surface area contributed by atoms with E-state index in [1.165, 1.54) is 11.1 Å². The summed E-state index contributed by atoms with van der Waals surface area (Å²) in [5.41, 5.74) is 3.38. The number of pyridine rings is 1. The molecule has 94 valence electrons. The highest BCUT2D eigenvalue weighted by Crippen LogP contribution is 2.28. The van der Waals surface area contributed by atoms with Crippen LogP contribution in [-0.2, 0) is 0 Å². The molecule has 0 unspecified atom stereocenters. The molecule has 0 N–H and O–H groups in total. The van der Waals surface area contributed by atoms with Crippen molar-refractivity contribution in [2.75, 3.05) is 6.61 Å². The molecule has 0 bridgehead atoms. The minimum Gasteiger partial charge on any atom is -0.478 e. The van der Waals surface area contributed by atoms with Crippen molar-refractivity contribution in [3.63, 3.8) is 0 Å². The standard InChI is InChI=1S/C17H15NO/c1-2-19-17-12-11-15-14(9-6-10-16(15)18-17)13-7-4-3-5-8-13/h3-12H,2H2,1H3. The van der Waals surface area contributed by atoms with E-state index in [1.54, 1.807) is 0 Å². The summed E-state index contributed by atoms with van der Waals surface area (Å²) in [6.07, 6.45) is 0. The third-order valence-corrected chi connectivity index (χ3v) is 3.08. The van der Waals surface area contributed by atoms with Gasteiger partial charge in [0.15, 0.2) is 0 Å². The third-order valence-electron chi connectivity index (χ3n) is 3.08. The second kappa shape index (κ2) is 5.11. The van der Waals surface area contributed by atoms with E-state index in [4.69, 9.17) is 4.74 Å². The predicted molar refractivity (Wildman–Crippen MR) is 78.3 cm³/mol. The van der Waals surface area contributed by atoms with Gasteiger partial charge in [-0.25, -0.2) is 4.98 Å². The number of nitrogens with zero attached hydrogens (tertiary/aromatic N) is 1. The van der Waals surface area contributed by atoms with Crippen LogP contribution in [0.25, 0.3) is 22.0 Å². The van der Waals surface area contributed by atoms with E-state index in [9.17, 15) is 0 Å². The van der Waals surface area contributed by atoms with E-state index in [2.05, 4.69) is 41.4 Å². The largest absolute Gasteiger partial charge is 0.478 e. The van der Waals surface area contributed by atoms with Gasteiger partial charge >= 0.3 is 0 Å². The molecule has 0 saturated carbocycles. The van der Waals surface area contributed by atoms with E-state index in [-0.39, 0.29) is 0 Å². The second-order valence-electron chi connectivity index (χ2n) is 4.32. The molecule has 0 radical (unpaired) electrons. The molecule has 2 nitrogen and oxygen atoms in total. The molecule has 2 heteroatoms. The molecule has 19 heavy (non-hydrogen) atoms. The van der Waals surface area contributed by atoms with Crippen LogP contribution in [0.2, 0.25) is 0 Å². The van der Waals surface area contributed by atoms with Crippen LogP contribution < -0.4 is 4.74 Å². The van der Waals surface area contributed by atoms with Gasteiger partial charge in [-0.15, -0.1) is 0 Å². The van der Waals surface area contributed by atoms with Crippen molar-refractivity contribution in [3.05, 3.63) is 60.7 Å². The zero-order valence-corrected chi connectivity index (χ0v) is 10.8. The summed E-state index contributed by atoms with van der Waals surface area (Å²) in [5, 5.41) is 1.15. The Labute approximate surface area is 112 Å². The number of hydrogen-bond donors (Lipinski definition) is 0. The van der Waals surface area contributed by atoms with Crippen molar-refractivity contribution in [3.8, 4) is 17.0 Å². The molecule has 0 amide bonds. The van der Waals surface area contributed by atoms with Gasteiger partial charge in [-0.2, -0.15) is 0 Å². The van der Waals surface area contributed by atoms with Gasteiger partial charge in [-0.05, 0) is 30.2 Å². The maximum atomic E-state index is 5.45. The number of rotatable bonds is 3. The highest BCUT2D eigenvalue weighted by atomic mass is 16.5. The maximum Gasteiger partial charge on any atom is 0.213 e. The van der Waals surface area contributed by atoms with E-state index in [0.29, 0.717) is 12.5 Å². The Morgan fingerprint density at radius 1 is 0.895 bits per heavy atom. The average Bonchev–Trinajstić information content (AvgIpc) is 2.48. The number of fused-ring (bicyclic) bond motifs is 1. The lowest BCUT2D eigenvalue weighted by molar-refractivity contribution is 0.328. The Bertz CT molecular complexity index is 692. The third kappa shape index (κ3) is 2.29. The Hall–Kier alpha value is -2.35. The molecule has 0 spiro atoms. The van der Waals surface area contributed by atoms with E-state index in [0.717, 1.165) is 10.9 Å². The van der Waals surface area contributed by atoms with Crippen LogP contribution in [0.4, 0.5) is 0 Å². The molecule has 1 heterocycles. The van der Waals surface area contributed by atoms with Crippen molar-refractivity contribution in [1.82, 2.24) is 4.98 Å². The summed E-state index contributed by atoms with van der Waals surface area (Å²) in [6.45, 7) is 2.60. The maximum absolute atomic E-state index is 5.45. The van der Waals surface area contributed by atoms with Gasteiger partial charge in [0.25, 0.3) is 0 Å². The average molecular weight is 249 g/mol. The summed E-state index contributed by atoms with van der Waals surface area (Å²) in [7, 11) is 0. The summed E-state index contributed by atoms with van der Waals surface area (Å²) in [6, 6.07) is 20.5. The molecule has 2 aromatic carbocycles. The topological polar surface area (TPSA) is 22.1 Å². The second-order valence-corrected chi connectivity index (χ2v) is 4.32. The summed E-state index contributed by atoms with van der Waals surface area (Å²) >= 11 is 0. The molecule has 1 aromatic heterocycles. The van der Waals surface area contributed by atoms with Gasteiger partial charge < -0.3 is 4.74 Å². The van der Waals surface area contributed by atoms with Crippen LogP contribution in [-0.4, -0.2) is 11.6 Å². The quantitative estimate of drug-likeness (QED) is 0.690. The number of hydrogen-bond acceptors (Lipinski definition) is 2. The van der Waals surface area contributed by atoms with E-state index < -0.39 is 0 Å². The molecule has 0 saturated heterocycles. The van der Waals surface area contributed by atoms with Gasteiger partial charge in [0, 0.05) is 11.5 Å². The summed E-state index contributed by atoms with van der Waals surface area (Å²) in [5.74, 6) is 0.681. The van der Waals surface area contributed by atoms with Crippen molar-refractivity contribution in [2.24, 2.45) is 0 Å². The molecular formula is C17H15NO. The van der Waals surface area contributed by atoms with E-state index >= 15 is 0 Å². The van der Waals surface area contributed by atoms with Gasteiger partial charge in [0.2, 0.25) is 5.88 Å². The van der Waals surface area contributed by atoms with Crippen LogP contribution in [0.5, 0.6) is 5.88 Å².